The molecule has 4 nitrogen and oxygen atoms in total. The van der Waals surface area contributed by atoms with Crippen molar-refractivity contribution in [3.05, 3.63) is 17.0 Å². The molecule has 2 aliphatic rings. The van der Waals surface area contributed by atoms with Crippen LogP contribution in [0.3, 0.4) is 0 Å². The van der Waals surface area contributed by atoms with Crippen molar-refractivity contribution in [1.29, 1.82) is 0 Å². The van der Waals surface area contributed by atoms with Crippen LogP contribution in [0, 0.1) is 18.8 Å². The number of anilines is 1. The Morgan fingerprint density at radius 2 is 2.18 bits per heavy atom. The lowest BCUT2D eigenvalue weighted by atomic mass is 9.89. The number of hydrogen-bond acceptors (Lipinski definition) is 4. The van der Waals surface area contributed by atoms with E-state index in [-0.39, 0.29) is 0 Å². The van der Waals surface area contributed by atoms with Gasteiger partial charge in [-0.15, -0.1) is 0 Å². The van der Waals surface area contributed by atoms with E-state index in [0.29, 0.717) is 11.1 Å². The maximum absolute atomic E-state index is 5.98. The van der Waals surface area contributed by atoms with Gasteiger partial charge in [0.05, 0.1) is 6.61 Å². The molecule has 92 valence electrons. The Hall–Kier alpha value is -0.870. The smallest absolute Gasteiger partial charge is 0.134 e. The van der Waals surface area contributed by atoms with E-state index in [9.17, 15) is 0 Å². The first-order valence-electron chi connectivity index (χ1n) is 6.06. The first kappa shape index (κ1) is 11.2. The molecule has 0 aromatic carbocycles. The summed E-state index contributed by atoms with van der Waals surface area (Å²) >= 11 is 5.98. The van der Waals surface area contributed by atoms with Gasteiger partial charge in [0, 0.05) is 31.7 Å². The number of ether oxygens (including phenoxy) is 1. The number of nitrogens with zero attached hydrogens (tertiary/aromatic N) is 3. The third-order valence-electron chi connectivity index (χ3n) is 3.67. The predicted octanol–water partition coefficient (Wildman–Crippen LogP) is 1.91. The van der Waals surface area contributed by atoms with E-state index >= 15 is 0 Å². The van der Waals surface area contributed by atoms with Gasteiger partial charge >= 0.3 is 0 Å². The number of rotatable bonds is 1. The zero-order chi connectivity index (χ0) is 11.8. The Morgan fingerprint density at radius 3 is 3.00 bits per heavy atom. The second-order valence-corrected chi connectivity index (χ2v) is 5.28. The van der Waals surface area contributed by atoms with Crippen LogP contribution in [0.25, 0.3) is 0 Å². The molecule has 0 amide bonds. The van der Waals surface area contributed by atoms with Crippen molar-refractivity contribution >= 4 is 17.4 Å². The van der Waals surface area contributed by atoms with Crippen LogP contribution in [0.1, 0.15) is 12.2 Å². The molecule has 1 aromatic rings. The Bertz CT molecular complexity index is 406. The van der Waals surface area contributed by atoms with Gasteiger partial charge in [-0.05, 0) is 19.3 Å². The van der Waals surface area contributed by atoms with Crippen LogP contribution in [0.4, 0.5) is 5.82 Å². The van der Waals surface area contributed by atoms with E-state index in [1.807, 2.05) is 13.0 Å². The second kappa shape index (κ2) is 4.42. The highest BCUT2D eigenvalue weighted by molar-refractivity contribution is 6.29. The summed E-state index contributed by atoms with van der Waals surface area (Å²) < 4.78 is 5.54. The average molecular weight is 254 g/mol. The van der Waals surface area contributed by atoms with Crippen molar-refractivity contribution in [2.75, 3.05) is 31.2 Å². The molecule has 0 bridgehead atoms. The lowest BCUT2D eigenvalue weighted by molar-refractivity contribution is 0.182. The van der Waals surface area contributed by atoms with Gasteiger partial charge in [-0.1, -0.05) is 11.6 Å². The monoisotopic (exact) mass is 253 g/mol. The number of aryl methyl sites for hydroxylation is 1. The molecule has 0 saturated carbocycles. The molecule has 3 rings (SSSR count). The molecule has 2 unspecified atom stereocenters. The van der Waals surface area contributed by atoms with Crippen molar-refractivity contribution in [3.8, 4) is 0 Å². The fraction of sp³-hybridized carbons (Fsp3) is 0.667. The number of halogens is 1. The zero-order valence-electron chi connectivity index (χ0n) is 9.90. The summed E-state index contributed by atoms with van der Waals surface area (Å²) in [6.45, 7) is 5.76. The van der Waals surface area contributed by atoms with Crippen molar-refractivity contribution in [1.82, 2.24) is 9.97 Å². The highest BCUT2D eigenvalue weighted by atomic mass is 35.5. The molecule has 2 saturated heterocycles. The summed E-state index contributed by atoms with van der Waals surface area (Å²) in [5, 5.41) is 0.525. The quantitative estimate of drug-likeness (QED) is 0.717. The minimum Gasteiger partial charge on any atom is -0.381 e. The van der Waals surface area contributed by atoms with Crippen LogP contribution in [0.5, 0.6) is 0 Å². The largest absolute Gasteiger partial charge is 0.381 e. The standard InChI is InChI=1S/C12H16ClN3O/c1-8-14-11(13)4-12(15-8)16-3-2-9-6-17-7-10(9)5-16/h4,9-10H,2-3,5-7H2,1H3. The van der Waals surface area contributed by atoms with Gasteiger partial charge in [-0.3, -0.25) is 0 Å². The topological polar surface area (TPSA) is 38.2 Å². The summed E-state index contributed by atoms with van der Waals surface area (Å²) in [7, 11) is 0. The highest BCUT2D eigenvalue weighted by Gasteiger charge is 2.34. The van der Waals surface area contributed by atoms with Crippen molar-refractivity contribution < 1.29 is 4.74 Å². The van der Waals surface area contributed by atoms with E-state index in [0.717, 1.165) is 43.9 Å². The summed E-state index contributed by atoms with van der Waals surface area (Å²) in [4.78, 5) is 10.9. The first-order chi connectivity index (χ1) is 8.22. The molecule has 1 aromatic heterocycles. The molecular formula is C12H16ClN3O. The van der Waals surface area contributed by atoms with Crippen LogP contribution in [-0.4, -0.2) is 36.3 Å². The van der Waals surface area contributed by atoms with Gasteiger partial charge in [-0.2, -0.15) is 0 Å². The van der Waals surface area contributed by atoms with Gasteiger partial charge in [0.25, 0.3) is 0 Å². The summed E-state index contributed by atoms with van der Waals surface area (Å²) in [6.07, 6.45) is 1.19. The Labute approximate surface area is 106 Å². The van der Waals surface area contributed by atoms with E-state index in [1.165, 1.54) is 6.42 Å². The van der Waals surface area contributed by atoms with Crippen molar-refractivity contribution in [3.63, 3.8) is 0 Å². The SMILES string of the molecule is Cc1nc(Cl)cc(N2CCC3COCC3C2)n1. The van der Waals surface area contributed by atoms with Crippen LogP contribution in [-0.2, 0) is 4.74 Å². The molecule has 2 fully saturated rings. The molecule has 5 heteroatoms. The lowest BCUT2D eigenvalue weighted by Crippen LogP contribution is -2.40. The number of fused-ring (bicyclic) bond motifs is 1. The Balaban J connectivity index is 1.80. The summed E-state index contributed by atoms with van der Waals surface area (Å²) in [6, 6.07) is 1.85. The Morgan fingerprint density at radius 1 is 1.35 bits per heavy atom. The minimum atomic E-state index is 0.525. The van der Waals surface area contributed by atoms with E-state index < -0.39 is 0 Å². The number of hydrogen-bond donors (Lipinski definition) is 0. The third kappa shape index (κ3) is 2.24. The maximum Gasteiger partial charge on any atom is 0.134 e. The first-order valence-corrected chi connectivity index (χ1v) is 6.44. The van der Waals surface area contributed by atoms with Gasteiger partial charge in [0.15, 0.2) is 0 Å². The second-order valence-electron chi connectivity index (χ2n) is 4.89. The van der Waals surface area contributed by atoms with Crippen molar-refractivity contribution in [2.45, 2.75) is 13.3 Å². The molecule has 0 spiro atoms. The predicted molar refractivity (Wildman–Crippen MR) is 66.4 cm³/mol. The summed E-state index contributed by atoms with van der Waals surface area (Å²) in [5.41, 5.74) is 0. The van der Waals surface area contributed by atoms with E-state index in [1.54, 1.807) is 0 Å². The van der Waals surface area contributed by atoms with E-state index in [4.69, 9.17) is 16.3 Å². The average Bonchev–Trinajstić information content (AvgIpc) is 2.74. The number of piperidine rings is 1. The Kier molecular flexibility index (Phi) is 2.92. The molecule has 17 heavy (non-hydrogen) atoms. The van der Waals surface area contributed by atoms with Gasteiger partial charge in [-0.25, -0.2) is 9.97 Å². The van der Waals surface area contributed by atoms with Crippen molar-refractivity contribution in [2.24, 2.45) is 11.8 Å². The van der Waals surface area contributed by atoms with Gasteiger partial charge in [0.1, 0.15) is 16.8 Å². The van der Waals surface area contributed by atoms with Gasteiger partial charge < -0.3 is 9.64 Å². The number of aromatic nitrogens is 2. The zero-order valence-corrected chi connectivity index (χ0v) is 10.7. The fourth-order valence-corrected chi connectivity index (χ4v) is 2.97. The molecule has 0 radical (unpaired) electrons. The van der Waals surface area contributed by atoms with Crippen LogP contribution in [0.15, 0.2) is 6.07 Å². The maximum atomic E-state index is 5.98. The minimum absolute atomic E-state index is 0.525. The fourth-order valence-electron chi connectivity index (χ4n) is 2.75. The lowest BCUT2D eigenvalue weighted by Gasteiger charge is -2.34. The molecule has 2 aliphatic heterocycles. The normalized spacial score (nSPS) is 28.2. The highest BCUT2D eigenvalue weighted by Crippen LogP contribution is 2.31. The molecule has 2 atom stereocenters. The molecule has 0 aliphatic carbocycles. The van der Waals surface area contributed by atoms with Crippen LogP contribution >= 0.6 is 11.6 Å². The molecule has 3 heterocycles. The third-order valence-corrected chi connectivity index (χ3v) is 3.87. The summed E-state index contributed by atoms with van der Waals surface area (Å²) in [5.74, 6) is 3.08. The van der Waals surface area contributed by atoms with Crippen LogP contribution < -0.4 is 4.90 Å². The molecular weight excluding hydrogens is 238 g/mol. The van der Waals surface area contributed by atoms with E-state index in [2.05, 4.69) is 14.9 Å². The van der Waals surface area contributed by atoms with Gasteiger partial charge in [0.2, 0.25) is 0 Å². The molecule has 0 N–H and O–H groups in total. The van der Waals surface area contributed by atoms with Crippen LogP contribution in [0.2, 0.25) is 5.15 Å².